The van der Waals surface area contributed by atoms with Gasteiger partial charge in [-0.3, -0.25) is 9.97 Å². The number of ether oxygens (including phenoxy) is 1. The second-order valence-electron chi connectivity index (χ2n) is 4.25. The predicted octanol–water partition coefficient (Wildman–Crippen LogP) is 4.62. The summed E-state index contributed by atoms with van der Waals surface area (Å²) in [5, 5.41) is 1.56. The Kier molecular flexibility index (Phi) is 3.85. The van der Waals surface area contributed by atoms with E-state index in [1.54, 1.807) is 18.6 Å². The molecule has 2 aromatic heterocycles. The fraction of sp³-hybridized carbons (Fsp3) is 0.0667. The molecule has 2 heterocycles. The van der Waals surface area contributed by atoms with Gasteiger partial charge in [0.25, 0.3) is 0 Å². The van der Waals surface area contributed by atoms with Crippen LogP contribution in [0.1, 0.15) is 5.56 Å². The maximum atomic E-state index is 6.16. The van der Waals surface area contributed by atoms with E-state index in [1.807, 2.05) is 30.3 Å². The van der Waals surface area contributed by atoms with Crippen molar-refractivity contribution in [3.8, 4) is 5.75 Å². The molecule has 0 N–H and O–H groups in total. The van der Waals surface area contributed by atoms with Crippen LogP contribution in [0.2, 0.25) is 5.02 Å². The van der Waals surface area contributed by atoms with Gasteiger partial charge in [0.2, 0.25) is 0 Å². The van der Waals surface area contributed by atoms with Gasteiger partial charge in [0, 0.05) is 34.0 Å². The van der Waals surface area contributed by atoms with Gasteiger partial charge in [-0.15, -0.1) is 0 Å². The summed E-state index contributed by atoms with van der Waals surface area (Å²) in [6, 6.07) is 9.41. The average molecular weight is 350 g/mol. The van der Waals surface area contributed by atoms with E-state index in [4.69, 9.17) is 16.3 Å². The first kappa shape index (κ1) is 13.3. The van der Waals surface area contributed by atoms with Crippen molar-refractivity contribution < 1.29 is 4.74 Å². The van der Waals surface area contributed by atoms with Gasteiger partial charge in [0.15, 0.2) is 0 Å². The third-order valence-corrected chi connectivity index (χ3v) is 3.60. The zero-order valence-electron chi connectivity index (χ0n) is 10.4. The molecule has 5 heteroatoms. The van der Waals surface area contributed by atoms with Gasteiger partial charge in [0.1, 0.15) is 17.9 Å². The van der Waals surface area contributed by atoms with Crippen LogP contribution in [0.3, 0.4) is 0 Å². The molecular weight excluding hydrogens is 340 g/mol. The maximum absolute atomic E-state index is 6.16. The minimum absolute atomic E-state index is 0.430. The largest absolute Gasteiger partial charge is 0.487 e. The number of fused-ring (bicyclic) bond motifs is 1. The van der Waals surface area contributed by atoms with Gasteiger partial charge in [-0.05, 0) is 46.3 Å². The van der Waals surface area contributed by atoms with Crippen molar-refractivity contribution in [1.82, 2.24) is 9.97 Å². The molecule has 0 radical (unpaired) electrons. The second kappa shape index (κ2) is 5.77. The van der Waals surface area contributed by atoms with E-state index in [2.05, 4.69) is 25.9 Å². The molecule has 1 aromatic carbocycles. The predicted molar refractivity (Wildman–Crippen MR) is 83.0 cm³/mol. The average Bonchev–Trinajstić information content (AvgIpc) is 2.47. The first-order chi connectivity index (χ1) is 9.74. The van der Waals surface area contributed by atoms with Crippen LogP contribution < -0.4 is 4.74 Å². The molecule has 0 atom stereocenters. The van der Waals surface area contributed by atoms with Gasteiger partial charge >= 0.3 is 0 Å². The molecule has 100 valence electrons. The third kappa shape index (κ3) is 2.76. The Labute approximate surface area is 129 Å². The Morgan fingerprint density at radius 2 is 2.10 bits per heavy atom. The molecular formula is C15H10BrClN2O. The molecule has 0 amide bonds. The topological polar surface area (TPSA) is 35.0 Å². The fourth-order valence-corrected chi connectivity index (χ4v) is 2.55. The highest BCUT2D eigenvalue weighted by atomic mass is 79.9. The Morgan fingerprint density at radius 1 is 1.20 bits per heavy atom. The highest BCUT2D eigenvalue weighted by Gasteiger charge is 2.07. The number of nitrogens with zero attached hydrogens (tertiary/aromatic N) is 2. The number of halogens is 2. The third-order valence-electron chi connectivity index (χ3n) is 2.84. The molecule has 0 fully saturated rings. The number of pyridine rings is 2. The van der Waals surface area contributed by atoms with Crippen LogP contribution in [0, 0.1) is 0 Å². The smallest absolute Gasteiger partial charge is 0.146 e. The summed E-state index contributed by atoms with van der Waals surface area (Å²) in [5.74, 6) is 0.713. The van der Waals surface area contributed by atoms with Crippen LogP contribution in [-0.4, -0.2) is 9.97 Å². The number of hydrogen-bond acceptors (Lipinski definition) is 3. The van der Waals surface area contributed by atoms with Crippen LogP contribution in [0.15, 0.2) is 53.4 Å². The minimum atomic E-state index is 0.430. The standard InChI is InChI=1S/C15H10BrClN2O/c16-11-6-10(7-18-8-11)9-20-14-4-3-13(17)12-2-1-5-19-15(12)14/h1-8H,9H2. The molecule has 0 bridgehead atoms. The number of rotatable bonds is 3. The quantitative estimate of drug-likeness (QED) is 0.692. The van der Waals surface area contributed by atoms with E-state index in [1.165, 1.54) is 0 Å². The molecule has 0 unspecified atom stereocenters. The number of aromatic nitrogens is 2. The molecule has 3 rings (SSSR count). The van der Waals surface area contributed by atoms with Gasteiger partial charge in [-0.2, -0.15) is 0 Å². The van der Waals surface area contributed by atoms with Crippen LogP contribution >= 0.6 is 27.5 Å². The Hall–Kier alpha value is -1.65. The summed E-state index contributed by atoms with van der Waals surface area (Å²) < 4.78 is 6.76. The van der Waals surface area contributed by atoms with Crippen molar-refractivity contribution in [2.45, 2.75) is 6.61 Å². The summed E-state index contributed by atoms with van der Waals surface area (Å²) in [6.07, 6.45) is 5.24. The first-order valence-electron chi connectivity index (χ1n) is 5.99. The molecule has 0 saturated heterocycles. The van der Waals surface area contributed by atoms with Crippen LogP contribution in [0.25, 0.3) is 10.9 Å². The highest BCUT2D eigenvalue weighted by molar-refractivity contribution is 9.10. The lowest BCUT2D eigenvalue weighted by Crippen LogP contribution is -1.97. The Balaban J connectivity index is 1.90. The lowest BCUT2D eigenvalue weighted by Gasteiger charge is -2.09. The summed E-state index contributed by atoms with van der Waals surface area (Å²) in [5.41, 5.74) is 1.75. The minimum Gasteiger partial charge on any atom is -0.487 e. The van der Waals surface area contributed by atoms with Crippen molar-refractivity contribution in [3.63, 3.8) is 0 Å². The van der Waals surface area contributed by atoms with Crippen LogP contribution in [0.4, 0.5) is 0 Å². The normalized spacial score (nSPS) is 10.7. The van der Waals surface area contributed by atoms with Crippen molar-refractivity contribution in [3.05, 3.63) is 64.0 Å². The molecule has 3 aromatic rings. The summed E-state index contributed by atoms with van der Waals surface area (Å²) >= 11 is 9.55. The molecule has 20 heavy (non-hydrogen) atoms. The van der Waals surface area contributed by atoms with Crippen molar-refractivity contribution >= 4 is 38.4 Å². The molecule has 0 spiro atoms. The molecule has 0 aliphatic rings. The molecule has 3 nitrogen and oxygen atoms in total. The van der Waals surface area contributed by atoms with E-state index < -0.39 is 0 Å². The molecule has 0 aliphatic carbocycles. The van der Waals surface area contributed by atoms with E-state index in [0.29, 0.717) is 17.4 Å². The van der Waals surface area contributed by atoms with Crippen molar-refractivity contribution in [1.29, 1.82) is 0 Å². The maximum Gasteiger partial charge on any atom is 0.146 e. The van der Waals surface area contributed by atoms with E-state index in [-0.39, 0.29) is 0 Å². The van der Waals surface area contributed by atoms with Crippen molar-refractivity contribution in [2.75, 3.05) is 0 Å². The van der Waals surface area contributed by atoms with Crippen molar-refractivity contribution in [2.24, 2.45) is 0 Å². The van der Waals surface area contributed by atoms with Gasteiger partial charge in [0.05, 0.1) is 5.02 Å². The lowest BCUT2D eigenvalue weighted by molar-refractivity contribution is 0.309. The fourth-order valence-electron chi connectivity index (χ4n) is 1.92. The zero-order valence-corrected chi connectivity index (χ0v) is 12.7. The Morgan fingerprint density at radius 3 is 2.95 bits per heavy atom. The number of hydrogen-bond donors (Lipinski definition) is 0. The number of benzene rings is 1. The summed E-state index contributed by atoms with van der Waals surface area (Å²) in [4.78, 5) is 8.45. The van der Waals surface area contributed by atoms with E-state index in [0.717, 1.165) is 20.9 Å². The SMILES string of the molecule is Clc1ccc(OCc2cncc(Br)c2)c2ncccc12. The Bertz CT molecular complexity index is 764. The highest BCUT2D eigenvalue weighted by Crippen LogP contribution is 2.30. The zero-order chi connectivity index (χ0) is 13.9. The van der Waals surface area contributed by atoms with Gasteiger partial charge in [-0.25, -0.2) is 0 Å². The van der Waals surface area contributed by atoms with Gasteiger partial charge in [-0.1, -0.05) is 11.6 Å². The van der Waals surface area contributed by atoms with Crippen LogP contribution in [-0.2, 0) is 6.61 Å². The summed E-state index contributed by atoms with van der Waals surface area (Å²) in [7, 11) is 0. The van der Waals surface area contributed by atoms with Crippen LogP contribution in [0.5, 0.6) is 5.75 Å². The van der Waals surface area contributed by atoms with E-state index >= 15 is 0 Å². The second-order valence-corrected chi connectivity index (χ2v) is 5.57. The van der Waals surface area contributed by atoms with E-state index in [9.17, 15) is 0 Å². The monoisotopic (exact) mass is 348 g/mol. The van der Waals surface area contributed by atoms with Gasteiger partial charge < -0.3 is 4.74 Å². The molecule has 0 aliphatic heterocycles. The summed E-state index contributed by atoms with van der Waals surface area (Å²) in [6.45, 7) is 0.430. The molecule has 0 saturated carbocycles. The lowest BCUT2D eigenvalue weighted by atomic mass is 10.2. The first-order valence-corrected chi connectivity index (χ1v) is 7.16.